The van der Waals surface area contributed by atoms with Gasteiger partial charge in [-0.25, -0.2) is 4.39 Å². The molecule has 2 atom stereocenters. The standard InChI is InChI=1S/C7H8F2O7S.Na/c8-2-1-5(9)16-7(12)4(3-6(10)11)17(13,14)15;/h1-2,4-5H,3H2,(H,10,11)(H,13,14,15);/q;+1/p-1. The number of halogens is 2. The van der Waals surface area contributed by atoms with Crippen molar-refractivity contribution < 1.29 is 70.7 Å². The van der Waals surface area contributed by atoms with Gasteiger partial charge in [0, 0.05) is 18.5 Å². The van der Waals surface area contributed by atoms with E-state index in [4.69, 9.17) is 4.55 Å². The molecular formula is C7H7F2NaO7S. The molecule has 0 aliphatic carbocycles. The Morgan fingerprint density at radius 1 is 1.44 bits per heavy atom. The van der Waals surface area contributed by atoms with Gasteiger partial charge in [-0.05, 0) is 0 Å². The Hall–Kier alpha value is -0.550. The third-order valence-corrected chi connectivity index (χ3v) is 2.51. The van der Waals surface area contributed by atoms with Crippen LogP contribution in [0.5, 0.6) is 0 Å². The summed E-state index contributed by atoms with van der Waals surface area (Å²) >= 11 is 0. The molecule has 0 aromatic carbocycles. The molecule has 1 N–H and O–H groups in total. The number of carboxylic acids is 1. The van der Waals surface area contributed by atoms with Gasteiger partial charge in [-0.15, -0.1) is 0 Å². The summed E-state index contributed by atoms with van der Waals surface area (Å²) in [5.41, 5.74) is 0. The third kappa shape index (κ3) is 7.71. The van der Waals surface area contributed by atoms with Gasteiger partial charge in [0.25, 0.3) is 16.5 Å². The Bertz CT molecular complexity index is 422. The van der Waals surface area contributed by atoms with Gasteiger partial charge in [0.15, 0.2) is 5.25 Å². The molecule has 0 amide bonds. The molecule has 0 aromatic rings. The fraction of sp³-hybridized carbons (Fsp3) is 0.429. The van der Waals surface area contributed by atoms with E-state index >= 15 is 0 Å². The Kier molecular flexibility index (Phi) is 9.38. The fourth-order valence-corrected chi connectivity index (χ4v) is 1.39. The molecule has 0 saturated carbocycles. The minimum absolute atomic E-state index is 0. The van der Waals surface area contributed by atoms with Crippen LogP contribution in [0.1, 0.15) is 6.42 Å². The third-order valence-electron chi connectivity index (χ3n) is 1.43. The van der Waals surface area contributed by atoms with E-state index in [0.717, 1.165) is 0 Å². The molecule has 0 fully saturated rings. The average molecular weight is 296 g/mol. The van der Waals surface area contributed by atoms with Crippen LogP contribution in [0.4, 0.5) is 8.78 Å². The number of aliphatic carboxylic acids is 1. The molecule has 2 unspecified atom stereocenters. The van der Waals surface area contributed by atoms with Crippen LogP contribution in [0.15, 0.2) is 12.4 Å². The van der Waals surface area contributed by atoms with Gasteiger partial charge in [0.05, 0.1) is 6.33 Å². The first kappa shape index (κ1) is 19.8. The minimum atomic E-state index is -5.10. The molecule has 0 aliphatic heterocycles. The number of hydrogen-bond acceptors (Lipinski definition) is 6. The van der Waals surface area contributed by atoms with Gasteiger partial charge in [-0.3, -0.25) is 9.35 Å². The summed E-state index contributed by atoms with van der Waals surface area (Å²) in [7, 11) is -5.10. The molecule has 0 radical (unpaired) electrons. The minimum Gasteiger partial charge on any atom is -0.550 e. The Balaban J connectivity index is 0. The number of carboxylic acid groups (broad SMARTS) is 1. The zero-order valence-corrected chi connectivity index (χ0v) is 11.9. The maximum absolute atomic E-state index is 12.5. The SMILES string of the molecule is O=C([O-])CC(C(=O)OC(F)C=CF)S(=O)(=O)O.[Na+]. The van der Waals surface area contributed by atoms with E-state index < -0.39 is 40.1 Å². The van der Waals surface area contributed by atoms with Crippen LogP contribution in [0.3, 0.4) is 0 Å². The summed E-state index contributed by atoms with van der Waals surface area (Å²) in [6, 6.07) is 0. The summed E-state index contributed by atoms with van der Waals surface area (Å²) < 4.78 is 57.4. The second-order valence-electron chi connectivity index (χ2n) is 2.69. The van der Waals surface area contributed by atoms with Crippen LogP contribution in [-0.2, 0) is 24.4 Å². The first-order valence-corrected chi connectivity index (χ1v) is 5.46. The van der Waals surface area contributed by atoms with E-state index in [2.05, 4.69) is 4.74 Å². The Morgan fingerprint density at radius 3 is 2.28 bits per heavy atom. The van der Waals surface area contributed by atoms with Crippen molar-refractivity contribution in [2.45, 2.75) is 18.0 Å². The fourth-order valence-electron chi connectivity index (χ4n) is 0.745. The maximum atomic E-state index is 12.5. The Labute approximate surface area is 123 Å². The van der Waals surface area contributed by atoms with E-state index in [1.165, 1.54) is 0 Å². The zero-order valence-electron chi connectivity index (χ0n) is 9.08. The van der Waals surface area contributed by atoms with Gasteiger partial charge in [-0.2, -0.15) is 12.8 Å². The van der Waals surface area contributed by atoms with E-state index in [1.807, 2.05) is 0 Å². The van der Waals surface area contributed by atoms with Gasteiger partial charge in [-0.1, -0.05) is 0 Å². The zero-order chi connectivity index (χ0) is 13.6. The van der Waals surface area contributed by atoms with Crippen molar-refractivity contribution in [3.63, 3.8) is 0 Å². The summed E-state index contributed by atoms with van der Waals surface area (Å²) in [5.74, 6) is -3.84. The second kappa shape index (κ2) is 8.53. The van der Waals surface area contributed by atoms with Crippen LogP contribution in [-0.4, -0.2) is 36.5 Å². The molecule has 0 bridgehead atoms. The quantitative estimate of drug-likeness (QED) is 0.299. The van der Waals surface area contributed by atoms with Crippen LogP contribution < -0.4 is 34.7 Å². The van der Waals surface area contributed by atoms with Gasteiger partial charge in [0.2, 0.25) is 0 Å². The molecule has 0 aliphatic rings. The molecular weight excluding hydrogens is 289 g/mol. The summed E-state index contributed by atoms with van der Waals surface area (Å²) in [4.78, 5) is 21.1. The summed E-state index contributed by atoms with van der Waals surface area (Å²) in [6.45, 7) is 0. The van der Waals surface area contributed by atoms with Crippen molar-refractivity contribution in [1.82, 2.24) is 0 Å². The van der Waals surface area contributed by atoms with E-state index in [0.29, 0.717) is 0 Å². The number of carbonyl (C=O) groups excluding carboxylic acids is 2. The summed E-state index contributed by atoms with van der Waals surface area (Å²) in [5, 5.41) is 7.58. The smallest absolute Gasteiger partial charge is 0.550 e. The van der Waals surface area contributed by atoms with Crippen molar-refractivity contribution in [3.8, 4) is 0 Å². The predicted octanol–water partition coefficient (Wildman–Crippen LogP) is -4.29. The van der Waals surface area contributed by atoms with Crippen LogP contribution in [0.25, 0.3) is 0 Å². The van der Waals surface area contributed by atoms with Crippen molar-refractivity contribution in [2.75, 3.05) is 0 Å². The number of esters is 1. The number of rotatable bonds is 6. The molecule has 0 saturated heterocycles. The summed E-state index contributed by atoms with van der Waals surface area (Å²) in [6.07, 6.45) is -4.19. The van der Waals surface area contributed by atoms with E-state index in [-0.39, 0.29) is 42.0 Å². The first-order chi connectivity index (χ1) is 7.68. The number of ether oxygens (including phenoxy) is 1. The number of alkyl halides is 1. The molecule has 0 rings (SSSR count). The number of hydrogen-bond donors (Lipinski definition) is 1. The first-order valence-electron chi connectivity index (χ1n) is 3.96. The van der Waals surface area contributed by atoms with E-state index in [1.54, 1.807) is 0 Å². The molecule has 0 heterocycles. The van der Waals surface area contributed by atoms with E-state index in [9.17, 15) is 31.9 Å². The van der Waals surface area contributed by atoms with Crippen LogP contribution in [0, 0.1) is 0 Å². The molecule has 0 aromatic heterocycles. The average Bonchev–Trinajstić information content (AvgIpc) is 2.12. The monoisotopic (exact) mass is 296 g/mol. The van der Waals surface area contributed by atoms with Gasteiger partial charge < -0.3 is 14.6 Å². The van der Waals surface area contributed by atoms with Gasteiger partial charge >= 0.3 is 35.5 Å². The molecule has 7 nitrogen and oxygen atoms in total. The molecule has 11 heteroatoms. The largest absolute Gasteiger partial charge is 1.00 e. The maximum Gasteiger partial charge on any atom is 1.00 e. The van der Waals surface area contributed by atoms with Crippen molar-refractivity contribution in [1.29, 1.82) is 0 Å². The second-order valence-corrected chi connectivity index (χ2v) is 4.29. The molecule has 0 spiro atoms. The van der Waals surface area contributed by atoms with Crippen LogP contribution >= 0.6 is 0 Å². The van der Waals surface area contributed by atoms with Crippen molar-refractivity contribution in [2.24, 2.45) is 0 Å². The van der Waals surface area contributed by atoms with Gasteiger partial charge in [0.1, 0.15) is 0 Å². The van der Waals surface area contributed by atoms with Crippen molar-refractivity contribution in [3.05, 3.63) is 12.4 Å². The van der Waals surface area contributed by atoms with Crippen molar-refractivity contribution >= 4 is 22.1 Å². The molecule has 18 heavy (non-hydrogen) atoms. The topological polar surface area (TPSA) is 121 Å². The normalized spacial score (nSPS) is 14.6. The Morgan fingerprint density at radius 2 is 1.94 bits per heavy atom. The number of carbonyl (C=O) groups is 2. The molecule has 98 valence electrons. The van der Waals surface area contributed by atoms with Crippen LogP contribution in [0.2, 0.25) is 0 Å². The predicted molar refractivity (Wildman–Crippen MR) is 46.2 cm³/mol.